The zero-order chi connectivity index (χ0) is 15.1. The first-order valence-electron chi connectivity index (χ1n) is 8.10. The number of aliphatic hydroxyl groups is 1. The van der Waals surface area contributed by atoms with Crippen LogP contribution in [0.25, 0.3) is 0 Å². The van der Waals surface area contributed by atoms with Gasteiger partial charge >= 0.3 is 0 Å². The largest absolute Gasteiger partial charge is 0.395 e. The second-order valence-corrected chi connectivity index (χ2v) is 6.18. The molecule has 0 saturated heterocycles. The summed E-state index contributed by atoms with van der Waals surface area (Å²) >= 11 is 0. The Morgan fingerprint density at radius 1 is 1.24 bits per heavy atom. The van der Waals surface area contributed by atoms with Gasteiger partial charge in [-0.25, -0.2) is 0 Å². The lowest BCUT2D eigenvalue weighted by atomic mass is 9.85. The molecule has 0 radical (unpaired) electrons. The van der Waals surface area contributed by atoms with E-state index in [1.165, 1.54) is 31.2 Å². The van der Waals surface area contributed by atoms with Crippen LogP contribution in [0.3, 0.4) is 0 Å². The topological polar surface area (TPSA) is 23.5 Å². The summed E-state index contributed by atoms with van der Waals surface area (Å²) in [6, 6.07) is 9.07. The van der Waals surface area contributed by atoms with Crippen molar-refractivity contribution in [1.82, 2.24) is 4.90 Å². The van der Waals surface area contributed by atoms with Gasteiger partial charge in [-0.3, -0.25) is 4.90 Å². The summed E-state index contributed by atoms with van der Waals surface area (Å²) in [7, 11) is 2.24. The van der Waals surface area contributed by atoms with Gasteiger partial charge in [0.05, 0.1) is 6.61 Å². The molecule has 1 aromatic carbocycles. The molecular formula is C19H27NO. The van der Waals surface area contributed by atoms with Crippen LogP contribution in [-0.4, -0.2) is 29.7 Å². The molecule has 2 heteroatoms. The minimum absolute atomic E-state index is 0.134. The molecule has 0 aliphatic heterocycles. The molecule has 114 valence electrons. The number of hydrogen-bond acceptors (Lipinski definition) is 2. The maximum absolute atomic E-state index is 8.85. The van der Waals surface area contributed by atoms with Crippen molar-refractivity contribution in [2.45, 2.75) is 51.6 Å². The molecular weight excluding hydrogens is 258 g/mol. The molecule has 1 aliphatic rings. The van der Waals surface area contributed by atoms with Crippen molar-refractivity contribution in [3.63, 3.8) is 0 Å². The Morgan fingerprint density at radius 2 is 2.00 bits per heavy atom. The molecule has 1 fully saturated rings. The van der Waals surface area contributed by atoms with Crippen LogP contribution in [0, 0.1) is 17.8 Å². The highest BCUT2D eigenvalue weighted by atomic mass is 16.2. The Labute approximate surface area is 129 Å². The van der Waals surface area contributed by atoms with Crippen molar-refractivity contribution >= 4 is 0 Å². The van der Waals surface area contributed by atoms with Crippen LogP contribution in [0.5, 0.6) is 0 Å². The van der Waals surface area contributed by atoms with Gasteiger partial charge in [-0.2, -0.15) is 0 Å². The van der Waals surface area contributed by atoms with Gasteiger partial charge in [0.15, 0.2) is 0 Å². The summed E-state index contributed by atoms with van der Waals surface area (Å²) in [5.74, 6) is 7.02. The van der Waals surface area contributed by atoms with Crippen molar-refractivity contribution in [2.24, 2.45) is 5.92 Å². The Bertz CT molecular complexity index is 500. The summed E-state index contributed by atoms with van der Waals surface area (Å²) in [5.41, 5.74) is 2.39. The fourth-order valence-corrected chi connectivity index (χ4v) is 3.33. The molecule has 1 N–H and O–H groups in total. The van der Waals surface area contributed by atoms with Crippen LogP contribution in [0.4, 0.5) is 0 Å². The molecule has 0 spiro atoms. The van der Waals surface area contributed by atoms with Gasteiger partial charge in [0.25, 0.3) is 0 Å². The summed E-state index contributed by atoms with van der Waals surface area (Å²) in [6.07, 6.45) is 5.96. The molecule has 1 aromatic rings. The van der Waals surface area contributed by atoms with Crippen LogP contribution in [0.1, 0.15) is 50.2 Å². The monoisotopic (exact) mass is 285 g/mol. The lowest BCUT2D eigenvalue weighted by Crippen LogP contribution is -2.38. The van der Waals surface area contributed by atoms with E-state index in [1.807, 2.05) is 6.07 Å². The van der Waals surface area contributed by atoms with Crippen LogP contribution in [-0.2, 0) is 6.54 Å². The average Bonchev–Trinajstić information content (AvgIpc) is 2.49. The van der Waals surface area contributed by atoms with Crippen molar-refractivity contribution in [3.05, 3.63) is 35.4 Å². The summed E-state index contributed by atoms with van der Waals surface area (Å²) < 4.78 is 0. The van der Waals surface area contributed by atoms with Crippen molar-refractivity contribution < 1.29 is 5.11 Å². The smallest absolute Gasteiger partial charge is 0.0540 e. The normalized spacial score (nSPS) is 21.9. The Morgan fingerprint density at radius 3 is 2.76 bits per heavy atom. The summed E-state index contributed by atoms with van der Waals surface area (Å²) in [4.78, 5) is 2.50. The molecule has 2 unspecified atom stereocenters. The van der Waals surface area contributed by atoms with Gasteiger partial charge in [-0.15, -0.1) is 0 Å². The molecule has 21 heavy (non-hydrogen) atoms. The first-order valence-corrected chi connectivity index (χ1v) is 8.10. The lowest BCUT2D eigenvalue weighted by Gasteiger charge is -2.36. The first-order chi connectivity index (χ1) is 10.2. The number of hydrogen-bond donors (Lipinski definition) is 1. The van der Waals surface area contributed by atoms with E-state index in [1.54, 1.807) is 0 Å². The molecule has 2 atom stereocenters. The standard InChI is InChI=1S/C19H27NO/c1-16-9-3-6-13-19(16)20(2)15-18-12-5-4-10-17(18)11-7-8-14-21/h4-5,10,12,16,19,21H,3,6,8-9,13-15H2,1-2H3. The van der Waals surface area contributed by atoms with Crippen molar-refractivity contribution in [2.75, 3.05) is 13.7 Å². The maximum Gasteiger partial charge on any atom is 0.0540 e. The number of nitrogens with zero attached hydrogens (tertiary/aromatic N) is 1. The second kappa shape index (κ2) is 8.22. The zero-order valence-corrected chi connectivity index (χ0v) is 13.3. The molecule has 0 aromatic heterocycles. The summed E-state index contributed by atoms with van der Waals surface area (Å²) in [5, 5.41) is 8.85. The van der Waals surface area contributed by atoms with Crippen LogP contribution >= 0.6 is 0 Å². The van der Waals surface area contributed by atoms with Crippen LogP contribution < -0.4 is 0 Å². The third-order valence-corrected chi connectivity index (χ3v) is 4.53. The fourth-order valence-electron chi connectivity index (χ4n) is 3.33. The van der Waals surface area contributed by atoms with E-state index in [0.717, 1.165) is 18.0 Å². The predicted octanol–water partition coefficient (Wildman–Crippen LogP) is 3.43. The highest BCUT2D eigenvalue weighted by Gasteiger charge is 2.25. The molecule has 2 nitrogen and oxygen atoms in total. The van der Waals surface area contributed by atoms with E-state index in [0.29, 0.717) is 12.5 Å². The minimum atomic E-state index is 0.134. The van der Waals surface area contributed by atoms with Gasteiger partial charge in [0, 0.05) is 24.6 Å². The minimum Gasteiger partial charge on any atom is -0.395 e. The highest BCUT2D eigenvalue weighted by Crippen LogP contribution is 2.28. The molecule has 2 rings (SSSR count). The first kappa shape index (κ1) is 16.1. The number of aliphatic hydroxyl groups excluding tert-OH is 1. The third kappa shape index (κ3) is 4.59. The fraction of sp³-hybridized carbons (Fsp3) is 0.579. The van der Waals surface area contributed by atoms with E-state index in [9.17, 15) is 0 Å². The molecule has 1 aliphatic carbocycles. The average molecular weight is 285 g/mol. The van der Waals surface area contributed by atoms with E-state index in [2.05, 4.69) is 48.9 Å². The van der Waals surface area contributed by atoms with E-state index >= 15 is 0 Å². The maximum atomic E-state index is 8.85. The quantitative estimate of drug-likeness (QED) is 0.857. The van der Waals surface area contributed by atoms with Gasteiger partial charge < -0.3 is 5.11 Å². The molecule has 0 bridgehead atoms. The van der Waals surface area contributed by atoms with Crippen molar-refractivity contribution in [1.29, 1.82) is 0 Å². The van der Waals surface area contributed by atoms with E-state index in [4.69, 9.17) is 5.11 Å². The zero-order valence-electron chi connectivity index (χ0n) is 13.3. The summed E-state index contributed by atoms with van der Waals surface area (Å²) in [6.45, 7) is 3.47. The van der Waals surface area contributed by atoms with Crippen molar-refractivity contribution in [3.8, 4) is 11.8 Å². The second-order valence-electron chi connectivity index (χ2n) is 6.18. The Balaban J connectivity index is 2.06. The highest BCUT2D eigenvalue weighted by molar-refractivity contribution is 5.41. The van der Waals surface area contributed by atoms with E-state index < -0.39 is 0 Å². The van der Waals surface area contributed by atoms with Gasteiger partial charge in [-0.1, -0.05) is 49.8 Å². The lowest BCUT2D eigenvalue weighted by molar-refractivity contribution is 0.133. The molecule has 0 amide bonds. The SMILES string of the molecule is CC1CCCCC1N(C)Cc1ccccc1C#CCCO. The molecule has 0 heterocycles. The van der Waals surface area contributed by atoms with Gasteiger partial charge in [0.1, 0.15) is 0 Å². The van der Waals surface area contributed by atoms with Gasteiger partial charge in [-0.05, 0) is 37.4 Å². The van der Waals surface area contributed by atoms with E-state index in [-0.39, 0.29) is 6.61 Å². The van der Waals surface area contributed by atoms with Gasteiger partial charge in [0.2, 0.25) is 0 Å². The Kier molecular flexibility index (Phi) is 6.29. The third-order valence-electron chi connectivity index (χ3n) is 4.53. The Hall–Kier alpha value is -1.30. The number of benzene rings is 1. The predicted molar refractivity (Wildman–Crippen MR) is 87.9 cm³/mol. The number of rotatable bonds is 4. The van der Waals surface area contributed by atoms with Crippen LogP contribution in [0.15, 0.2) is 24.3 Å². The van der Waals surface area contributed by atoms with Crippen LogP contribution in [0.2, 0.25) is 0 Å². The molecule has 1 saturated carbocycles.